The van der Waals surface area contributed by atoms with Gasteiger partial charge in [0.2, 0.25) is 0 Å². The fourth-order valence-electron chi connectivity index (χ4n) is 2.79. The fourth-order valence-corrected chi connectivity index (χ4v) is 3.31. The van der Waals surface area contributed by atoms with Crippen LogP contribution in [0.3, 0.4) is 0 Å². The summed E-state index contributed by atoms with van der Waals surface area (Å²) in [4.78, 5) is 14.4. The lowest BCUT2D eigenvalue weighted by molar-refractivity contribution is 0.224. The Balaban J connectivity index is 1.67. The molecule has 1 aliphatic rings. The first-order chi connectivity index (χ1) is 10.7. The van der Waals surface area contributed by atoms with E-state index < -0.39 is 0 Å². The molecular weight excluding hydrogens is 342 g/mol. The number of anilines is 1. The maximum Gasteiger partial charge on any atom is 0.319 e. The Morgan fingerprint density at radius 2 is 2.05 bits per heavy atom. The molecule has 5 heteroatoms. The van der Waals surface area contributed by atoms with Gasteiger partial charge in [0.25, 0.3) is 0 Å². The van der Waals surface area contributed by atoms with Gasteiger partial charge >= 0.3 is 6.03 Å². The number of benzene rings is 1. The number of hydrogen-bond donors (Lipinski definition) is 2. The van der Waals surface area contributed by atoms with Crippen LogP contribution in [0.4, 0.5) is 10.5 Å². The van der Waals surface area contributed by atoms with Gasteiger partial charge in [-0.1, -0.05) is 29.3 Å². The van der Waals surface area contributed by atoms with Crippen molar-refractivity contribution in [2.45, 2.75) is 39.0 Å². The van der Waals surface area contributed by atoms with Gasteiger partial charge in [-0.2, -0.15) is 0 Å². The second-order valence-corrected chi connectivity index (χ2v) is 6.65. The zero-order valence-electron chi connectivity index (χ0n) is 13.3. The van der Waals surface area contributed by atoms with Crippen LogP contribution in [-0.4, -0.2) is 37.1 Å². The van der Waals surface area contributed by atoms with Crippen LogP contribution in [0.2, 0.25) is 0 Å². The summed E-state index contributed by atoms with van der Waals surface area (Å²) in [5.74, 6) is 0. The molecule has 0 saturated carbocycles. The van der Waals surface area contributed by atoms with E-state index >= 15 is 0 Å². The smallest absolute Gasteiger partial charge is 0.319 e. The third-order valence-corrected chi connectivity index (χ3v) is 4.84. The Morgan fingerprint density at radius 1 is 1.27 bits per heavy atom. The van der Waals surface area contributed by atoms with E-state index in [1.54, 1.807) is 0 Å². The zero-order chi connectivity index (χ0) is 15.8. The Labute approximate surface area is 141 Å². The molecule has 1 saturated heterocycles. The SMILES string of the molecule is CCc1cc(NC(=O)NCCCN2CCCCC2)ccc1Br. The molecule has 1 aromatic carbocycles. The fraction of sp³-hybridized carbons (Fsp3) is 0.588. The van der Waals surface area contributed by atoms with Crippen molar-refractivity contribution in [2.24, 2.45) is 0 Å². The van der Waals surface area contributed by atoms with Crippen LogP contribution in [0.5, 0.6) is 0 Å². The van der Waals surface area contributed by atoms with Crippen LogP contribution in [0.1, 0.15) is 38.2 Å². The highest BCUT2D eigenvalue weighted by Crippen LogP contribution is 2.21. The number of urea groups is 1. The van der Waals surface area contributed by atoms with E-state index in [-0.39, 0.29) is 6.03 Å². The summed E-state index contributed by atoms with van der Waals surface area (Å²) in [5, 5.41) is 5.83. The highest BCUT2D eigenvalue weighted by molar-refractivity contribution is 9.10. The predicted molar refractivity (Wildman–Crippen MR) is 95.4 cm³/mol. The number of carbonyl (C=O) groups excluding carboxylic acids is 1. The molecule has 1 fully saturated rings. The van der Waals surface area contributed by atoms with Gasteiger partial charge in [-0.15, -0.1) is 0 Å². The van der Waals surface area contributed by atoms with Gasteiger partial charge in [0.05, 0.1) is 0 Å². The standard InChI is InChI=1S/C17H26BrN3O/c1-2-14-13-15(7-8-16(14)18)20-17(22)19-9-6-12-21-10-4-3-5-11-21/h7-8,13H,2-6,9-12H2,1H3,(H2,19,20,22). The van der Waals surface area contributed by atoms with Crippen molar-refractivity contribution in [1.82, 2.24) is 10.2 Å². The number of nitrogens with one attached hydrogen (secondary N) is 2. The number of hydrogen-bond acceptors (Lipinski definition) is 2. The van der Waals surface area contributed by atoms with Crippen LogP contribution in [0.25, 0.3) is 0 Å². The van der Waals surface area contributed by atoms with Crippen molar-refractivity contribution in [3.05, 3.63) is 28.2 Å². The minimum atomic E-state index is -0.122. The molecule has 1 aromatic rings. The monoisotopic (exact) mass is 367 g/mol. The number of likely N-dealkylation sites (tertiary alicyclic amines) is 1. The lowest BCUT2D eigenvalue weighted by atomic mass is 10.1. The van der Waals surface area contributed by atoms with E-state index in [4.69, 9.17) is 0 Å². The first kappa shape index (κ1) is 17.3. The van der Waals surface area contributed by atoms with E-state index in [2.05, 4.69) is 38.4 Å². The van der Waals surface area contributed by atoms with Crippen molar-refractivity contribution < 1.29 is 4.79 Å². The molecule has 2 N–H and O–H groups in total. The highest BCUT2D eigenvalue weighted by atomic mass is 79.9. The molecule has 2 rings (SSSR count). The first-order valence-electron chi connectivity index (χ1n) is 8.24. The average molecular weight is 368 g/mol. The molecule has 0 aromatic heterocycles. The van der Waals surface area contributed by atoms with Gasteiger partial charge in [-0.3, -0.25) is 0 Å². The maximum atomic E-state index is 11.9. The molecule has 122 valence electrons. The molecule has 0 atom stereocenters. The van der Waals surface area contributed by atoms with Crippen LogP contribution >= 0.6 is 15.9 Å². The topological polar surface area (TPSA) is 44.4 Å². The third-order valence-electron chi connectivity index (χ3n) is 4.07. The quantitative estimate of drug-likeness (QED) is 0.746. The van der Waals surface area contributed by atoms with Crippen LogP contribution in [0.15, 0.2) is 22.7 Å². The summed E-state index contributed by atoms with van der Waals surface area (Å²) < 4.78 is 1.09. The molecule has 0 unspecified atom stereocenters. The van der Waals surface area contributed by atoms with E-state index in [0.29, 0.717) is 0 Å². The van der Waals surface area contributed by atoms with Crippen molar-refractivity contribution in [3.8, 4) is 0 Å². The predicted octanol–water partition coefficient (Wildman–Crippen LogP) is 4.01. The van der Waals surface area contributed by atoms with Gasteiger partial charge in [-0.05, 0) is 69.1 Å². The summed E-state index contributed by atoms with van der Waals surface area (Å²) in [6.45, 7) is 6.33. The molecule has 0 bridgehead atoms. The van der Waals surface area contributed by atoms with Crippen molar-refractivity contribution in [2.75, 3.05) is 31.5 Å². The summed E-state index contributed by atoms with van der Waals surface area (Å²) in [6.07, 6.45) is 5.94. The molecular formula is C17H26BrN3O. The van der Waals surface area contributed by atoms with E-state index in [1.165, 1.54) is 37.9 Å². The largest absolute Gasteiger partial charge is 0.338 e. The molecule has 1 aliphatic heterocycles. The molecule has 22 heavy (non-hydrogen) atoms. The Hall–Kier alpha value is -1.07. The van der Waals surface area contributed by atoms with Crippen LogP contribution < -0.4 is 10.6 Å². The molecule has 0 aliphatic carbocycles. The summed E-state index contributed by atoms with van der Waals surface area (Å²) in [7, 11) is 0. The maximum absolute atomic E-state index is 11.9. The number of carbonyl (C=O) groups is 1. The summed E-state index contributed by atoms with van der Waals surface area (Å²) in [5.41, 5.74) is 2.04. The molecule has 1 heterocycles. The number of rotatable bonds is 6. The second-order valence-electron chi connectivity index (χ2n) is 5.80. The number of piperidine rings is 1. The van der Waals surface area contributed by atoms with E-state index in [1.807, 2.05) is 18.2 Å². The Kier molecular flexibility index (Phi) is 7.19. The molecule has 4 nitrogen and oxygen atoms in total. The summed E-state index contributed by atoms with van der Waals surface area (Å²) >= 11 is 3.51. The highest BCUT2D eigenvalue weighted by Gasteiger charge is 2.09. The van der Waals surface area contributed by atoms with Gasteiger partial charge < -0.3 is 15.5 Å². The van der Waals surface area contributed by atoms with Crippen molar-refractivity contribution >= 4 is 27.6 Å². The normalized spacial score (nSPS) is 15.5. The number of halogens is 1. The second kappa shape index (κ2) is 9.16. The third kappa shape index (κ3) is 5.61. The lowest BCUT2D eigenvalue weighted by Gasteiger charge is -2.26. The van der Waals surface area contributed by atoms with Gasteiger partial charge in [0.1, 0.15) is 0 Å². The Morgan fingerprint density at radius 3 is 2.77 bits per heavy atom. The van der Waals surface area contributed by atoms with Gasteiger partial charge in [0, 0.05) is 16.7 Å². The van der Waals surface area contributed by atoms with Gasteiger partial charge in [-0.25, -0.2) is 4.79 Å². The van der Waals surface area contributed by atoms with Crippen molar-refractivity contribution in [1.29, 1.82) is 0 Å². The van der Waals surface area contributed by atoms with E-state index in [0.717, 1.165) is 36.1 Å². The molecule has 0 spiro atoms. The summed E-state index contributed by atoms with van der Waals surface area (Å²) in [6, 6.07) is 5.78. The van der Waals surface area contributed by atoms with Crippen LogP contribution in [0, 0.1) is 0 Å². The number of aryl methyl sites for hydroxylation is 1. The zero-order valence-corrected chi connectivity index (χ0v) is 14.9. The minimum Gasteiger partial charge on any atom is -0.338 e. The van der Waals surface area contributed by atoms with Crippen LogP contribution in [-0.2, 0) is 6.42 Å². The molecule has 2 amide bonds. The van der Waals surface area contributed by atoms with E-state index in [9.17, 15) is 4.79 Å². The minimum absolute atomic E-state index is 0.122. The number of amides is 2. The van der Waals surface area contributed by atoms with Gasteiger partial charge in [0.15, 0.2) is 0 Å². The first-order valence-corrected chi connectivity index (χ1v) is 9.04. The average Bonchev–Trinajstić information content (AvgIpc) is 2.54. The lowest BCUT2D eigenvalue weighted by Crippen LogP contribution is -2.34. The number of nitrogens with zero attached hydrogens (tertiary/aromatic N) is 1. The molecule has 0 radical (unpaired) electrons. The Bertz CT molecular complexity index is 487. The van der Waals surface area contributed by atoms with Crippen molar-refractivity contribution in [3.63, 3.8) is 0 Å².